The Balaban J connectivity index is 2.09. The fourth-order valence-electron chi connectivity index (χ4n) is 3.08. The molecule has 2 heterocycles. The number of fused-ring (bicyclic) bond motifs is 1. The maximum Gasteiger partial charge on any atom is 0.316 e. The molecule has 0 amide bonds. The predicted molar refractivity (Wildman–Crippen MR) is 84.3 cm³/mol. The topological polar surface area (TPSA) is 37.2 Å². The van der Waals surface area contributed by atoms with Crippen LogP contribution in [0.2, 0.25) is 0 Å². The van der Waals surface area contributed by atoms with E-state index in [9.17, 15) is 8.78 Å². The van der Waals surface area contributed by atoms with E-state index in [2.05, 4.69) is 28.2 Å². The van der Waals surface area contributed by atoms with Crippen molar-refractivity contribution in [2.24, 2.45) is 9.98 Å². The SMILES string of the molecule is C=NC(=N/C(=C\F)C(=C)C)OCC12CCCN1C/C(=C\F)C2. The second-order valence-electron chi connectivity index (χ2n) is 5.81. The second-order valence-corrected chi connectivity index (χ2v) is 5.81. The Hall–Kier alpha value is -1.82. The van der Waals surface area contributed by atoms with E-state index in [4.69, 9.17) is 4.74 Å². The molecule has 0 aromatic heterocycles. The number of hydrogen-bond acceptors (Lipinski definition) is 3. The highest BCUT2D eigenvalue weighted by atomic mass is 19.1. The van der Waals surface area contributed by atoms with Crippen LogP contribution in [-0.4, -0.2) is 42.9 Å². The van der Waals surface area contributed by atoms with Crippen molar-refractivity contribution in [3.05, 3.63) is 36.1 Å². The van der Waals surface area contributed by atoms with Crippen LogP contribution in [0.25, 0.3) is 0 Å². The van der Waals surface area contributed by atoms with E-state index in [1.807, 2.05) is 0 Å². The van der Waals surface area contributed by atoms with Crippen LogP contribution in [0, 0.1) is 0 Å². The summed E-state index contributed by atoms with van der Waals surface area (Å²) in [4.78, 5) is 9.89. The molecule has 1 unspecified atom stereocenters. The molecule has 2 fully saturated rings. The summed E-state index contributed by atoms with van der Waals surface area (Å²) in [6.45, 7) is 10.6. The molecule has 2 aliphatic heterocycles. The molecule has 0 radical (unpaired) electrons. The van der Waals surface area contributed by atoms with Crippen molar-refractivity contribution in [1.82, 2.24) is 4.90 Å². The molecule has 0 aromatic rings. The summed E-state index contributed by atoms with van der Waals surface area (Å²) in [6.07, 6.45) is 3.67. The third-order valence-electron chi connectivity index (χ3n) is 4.21. The molecule has 0 bridgehead atoms. The van der Waals surface area contributed by atoms with Crippen LogP contribution in [0.1, 0.15) is 26.2 Å². The van der Waals surface area contributed by atoms with E-state index in [1.165, 1.54) is 0 Å². The minimum absolute atomic E-state index is 0.00537. The van der Waals surface area contributed by atoms with Crippen LogP contribution in [0.15, 0.2) is 46.1 Å². The Morgan fingerprint density at radius 1 is 1.50 bits per heavy atom. The first-order valence-electron chi connectivity index (χ1n) is 7.22. The molecule has 22 heavy (non-hydrogen) atoms. The largest absolute Gasteiger partial charge is 0.461 e. The number of aliphatic imine (C=N–C) groups is 2. The van der Waals surface area contributed by atoms with Gasteiger partial charge >= 0.3 is 6.02 Å². The fourth-order valence-corrected chi connectivity index (χ4v) is 3.08. The Kier molecular flexibility index (Phi) is 5.24. The van der Waals surface area contributed by atoms with Gasteiger partial charge in [-0.05, 0) is 50.6 Å². The minimum atomic E-state index is -0.216. The van der Waals surface area contributed by atoms with Crippen molar-refractivity contribution in [1.29, 1.82) is 0 Å². The average molecular weight is 309 g/mol. The van der Waals surface area contributed by atoms with Crippen LogP contribution in [0.5, 0.6) is 0 Å². The number of allylic oxidation sites excluding steroid dienone is 1. The van der Waals surface area contributed by atoms with Gasteiger partial charge in [0, 0.05) is 6.54 Å². The van der Waals surface area contributed by atoms with Crippen molar-refractivity contribution in [3.8, 4) is 0 Å². The van der Waals surface area contributed by atoms with E-state index < -0.39 is 0 Å². The average Bonchev–Trinajstić information content (AvgIpc) is 3.03. The fraction of sp³-hybridized carbons (Fsp3) is 0.500. The van der Waals surface area contributed by atoms with Gasteiger partial charge in [0.1, 0.15) is 12.9 Å². The summed E-state index contributed by atoms with van der Waals surface area (Å²) in [7, 11) is 0. The van der Waals surface area contributed by atoms with E-state index in [1.54, 1.807) is 6.92 Å². The molecule has 120 valence electrons. The first kappa shape index (κ1) is 16.5. The van der Waals surface area contributed by atoms with Crippen LogP contribution < -0.4 is 0 Å². The van der Waals surface area contributed by atoms with Crippen LogP contribution in [-0.2, 0) is 4.74 Å². The van der Waals surface area contributed by atoms with Crippen molar-refractivity contribution < 1.29 is 13.5 Å². The van der Waals surface area contributed by atoms with Gasteiger partial charge in [0.05, 0.1) is 17.6 Å². The molecule has 6 heteroatoms. The maximum atomic E-state index is 12.8. The molecule has 0 spiro atoms. The number of halogens is 2. The highest BCUT2D eigenvalue weighted by Crippen LogP contribution is 2.41. The number of ether oxygens (including phenoxy) is 1. The molecular formula is C16H21F2N3O. The zero-order valence-corrected chi connectivity index (χ0v) is 12.8. The molecule has 4 nitrogen and oxygen atoms in total. The van der Waals surface area contributed by atoms with E-state index >= 15 is 0 Å². The second kappa shape index (κ2) is 6.96. The predicted octanol–water partition coefficient (Wildman–Crippen LogP) is 3.54. The molecule has 0 saturated carbocycles. The monoisotopic (exact) mass is 309 g/mol. The lowest BCUT2D eigenvalue weighted by atomic mass is 9.94. The van der Waals surface area contributed by atoms with Crippen molar-refractivity contribution in [2.45, 2.75) is 31.7 Å². The lowest BCUT2D eigenvalue weighted by molar-refractivity contribution is 0.106. The molecule has 2 rings (SSSR count). The van der Waals surface area contributed by atoms with E-state index in [0.29, 0.717) is 37.8 Å². The molecule has 2 aliphatic rings. The van der Waals surface area contributed by atoms with Crippen LogP contribution in [0.3, 0.4) is 0 Å². The Morgan fingerprint density at radius 2 is 2.27 bits per heavy atom. The Bertz CT molecular complexity index is 554. The molecule has 0 N–H and O–H groups in total. The van der Waals surface area contributed by atoms with Gasteiger partial charge in [-0.25, -0.2) is 13.8 Å². The van der Waals surface area contributed by atoms with Crippen LogP contribution in [0.4, 0.5) is 8.78 Å². The minimum Gasteiger partial charge on any atom is -0.461 e. The van der Waals surface area contributed by atoms with Gasteiger partial charge in [-0.1, -0.05) is 6.58 Å². The lowest BCUT2D eigenvalue weighted by Crippen LogP contribution is -2.42. The first-order valence-corrected chi connectivity index (χ1v) is 7.22. The number of hydrogen-bond donors (Lipinski definition) is 0. The first-order chi connectivity index (χ1) is 10.5. The summed E-state index contributed by atoms with van der Waals surface area (Å²) in [5.74, 6) is 0. The summed E-state index contributed by atoms with van der Waals surface area (Å²) >= 11 is 0. The molecule has 2 saturated heterocycles. The van der Waals surface area contributed by atoms with Crippen molar-refractivity contribution in [2.75, 3.05) is 19.7 Å². The van der Waals surface area contributed by atoms with Gasteiger partial charge < -0.3 is 4.74 Å². The quantitative estimate of drug-likeness (QED) is 0.452. The van der Waals surface area contributed by atoms with Gasteiger partial charge in [-0.3, -0.25) is 4.90 Å². The normalized spacial score (nSPS) is 28.0. The van der Waals surface area contributed by atoms with Gasteiger partial charge in [-0.2, -0.15) is 4.99 Å². The zero-order chi connectivity index (χ0) is 16.2. The Labute approximate surface area is 129 Å². The van der Waals surface area contributed by atoms with Gasteiger partial charge in [0.25, 0.3) is 0 Å². The Morgan fingerprint density at radius 3 is 2.86 bits per heavy atom. The summed E-state index contributed by atoms with van der Waals surface area (Å²) in [6, 6.07) is 0.00537. The molecular weight excluding hydrogens is 288 g/mol. The maximum absolute atomic E-state index is 12.8. The zero-order valence-electron chi connectivity index (χ0n) is 12.8. The lowest BCUT2D eigenvalue weighted by Gasteiger charge is -2.30. The number of amidine groups is 1. The third-order valence-corrected chi connectivity index (χ3v) is 4.21. The summed E-state index contributed by atoms with van der Waals surface area (Å²) in [5, 5.41) is 0. The van der Waals surface area contributed by atoms with E-state index in [-0.39, 0.29) is 17.3 Å². The van der Waals surface area contributed by atoms with Crippen LogP contribution >= 0.6 is 0 Å². The highest BCUT2D eigenvalue weighted by molar-refractivity contribution is 5.80. The van der Waals surface area contributed by atoms with Crippen molar-refractivity contribution >= 4 is 12.7 Å². The number of nitrogens with zero attached hydrogens (tertiary/aromatic N) is 3. The molecule has 0 aliphatic carbocycles. The summed E-state index contributed by atoms with van der Waals surface area (Å²) in [5.41, 5.74) is 1.10. The van der Waals surface area contributed by atoms with Gasteiger partial charge in [0.15, 0.2) is 0 Å². The number of rotatable bonds is 4. The van der Waals surface area contributed by atoms with Gasteiger partial charge in [-0.15, -0.1) is 0 Å². The smallest absolute Gasteiger partial charge is 0.316 e. The van der Waals surface area contributed by atoms with Crippen molar-refractivity contribution in [3.63, 3.8) is 0 Å². The molecule has 0 aromatic carbocycles. The van der Waals surface area contributed by atoms with Gasteiger partial charge in [0.2, 0.25) is 0 Å². The third kappa shape index (κ3) is 3.32. The highest BCUT2D eigenvalue weighted by Gasteiger charge is 2.47. The summed E-state index contributed by atoms with van der Waals surface area (Å²) < 4.78 is 31.2. The molecule has 1 atom stereocenters. The standard InChI is InChI=1S/C16H21F2N3O/c1-12(2)14(9-18)20-15(19-3)22-11-16-5-4-6-21(16)10-13(7-16)8-17/h8-9H,1,3-7,10-11H2,2H3/b13-8-,14-9-,20-15?. The van der Waals surface area contributed by atoms with E-state index in [0.717, 1.165) is 25.0 Å².